The maximum Gasteiger partial charge on any atom is 0.220 e. The summed E-state index contributed by atoms with van der Waals surface area (Å²) in [6.07, 6.45) is 6.46. The molecule has 1 fully saturated rings. The summed E-state index contributed by atoms with van der Waals surface area (Å²) in [6.45, 7) is 2.07. The van der Waals surface area contributed by atoms with E-state index in [0.717, 1.165) is 58.9 Å². The minimum Gasteiger partial charge on any atom is -0.383 e. The Kier molecular flexibility index (Phi) is 4.34. The lowest BCUT2D eigenvalue weighted by atomic mass is 9.86. The number of hydrogen-bond donors (Lipinski definition) is 2. The number of nitrogens with zero attached hydrogens (tertiary/aromatic N) is 5. The number of fused-ring (bicyclic) bond motifs is 2. The fraction of sp³-hybridized carbons (Fsp3) is 0.318. The maximum atomic E-state index is 11.5. The number of nitrogens with two attached hydrogens (primary N) is 2. The zero-order valence-corrected chi connectivity index (χ0v) is 16.7. The van der Waals surface area contributed by atoms with Gasteiger partial charge < -0.3 is 11.5 Å². The average Bonchev–Trinajstić information content (AvgIpc) is 3.15. The summed E-state index contributed by atoms with van der Waals surface area (Å²) in [7, 11) is 0. The number of aromatic nitrogens is 5. The van der Waals surface area contributed by atoms with Crippen LogP contribution >= 0.6 is 0 Å². The van der Waals surface area contributed by atoms with Crippen LogP contribution in [0.25, 0.3) is 33.2 Å². The fourth-order valence-corrected chi connectivity index (χ4v) is 4.50. The van der Waals surface area contributed by atoms with Crippen LogP contribution in [0.3, 0.4) is 0 Å². The van der Waals surface area contributed by atoms with Crippen molar-refractivity contribution in [2.75, 3.05) is 5.73 Å². The van der Waals surface area contributed by atoms with Crippen LogP contribution < -0.4 is 11.5 Å². The van der Waals surface area contributed by atoms with E-state index < -0.39 is 0 Å². The summed E-state index contributed by atoms with van der Waals surface area (Å²) in [5.41, 5.74) is 16.2. The van der Waals surface area contributed by atoms with Crippen molar-refractivity contribution >= 4 is 33.7 Å². The van der Waals surface area contributed by atoms with Gasteiger partial charge in [-0.1, -0.05) is 12.1 Å². The highest BCUT2D eigenvalue weighted by Crippen LogP contribution is 2.37. The van der Waals surface area contributed by atoms with Crippen LogP contribution in [0.15, 0.2) is 36.8 Å². The lowest BCUT2D eigenvalue weighted by molar-refractivity contribution is -0.122. The van der Waals surface area contributed by atoms with E-state index in [2.05, 4.69) is 27.9 Å². The Bertz CT molecular complexity index is 1270. The number of hydrogen-bond acceptors (Lipinski definition) is 6. The molecule has 30 heavy (non-hydrogen) atoms. The molecule has 3 aromatic heterocycles. The van der Waals surface area contributed by atoms with Gasteiger partial charge in [0, 0.05) is 23.1 Å². The van der Waals surface area contributed by atoms with Crippen molar-refractivity contribution in [3.8, 4) is 11.3 Å². The highest BCUT2D eigenvalue weighted by molar-refractivity contribution is 6.00. The minimum absolute atomic E-state index is 0.0583. The molecule has 1 aromatic carbocycles. The first-order chi connectivity index (χ1) is 14.5. The Morgan fingerprint density at radius 2 is 1.90 bits per heavy atom. The molecule has 4 N–H and O–H groups in total. The molecule has 1 aliphatic rings. The van der Waals surface area contributed by atoms with E-state index in [-0.39, 0.29) is 17.9 Å². The largest absolute Gasteiger partial charge is 0.383 e. The van der Waals surface area contributed by atoms with Gasteiger partial charge in [0.25, 0.3) is 0 Å². The summed E-state index contributed by atoms with van der Waals surface area (Å²) in [6, 6.07) is 8.28. The highest BCUT2D eigenvalue weighted by Gasteiger charge is 2.29. The van der Waals surface area contributed by atoms with Crippen molar-refractivity contribution in [3.05, 3.63) is 42.4 Å². The molecule has 5 rings (SSSR count). The van der Waals surface area contributed by atoms with Crippen molar-refractivity contribution in [3.63, 3.8) is 0 Å². The van der Waals surface area contributed by atoms with Gasteiger partial charge in [0.15, 0.2) is 5.65 Å². The first kappa shape index (κ1) is 18.5. The molecule has 4 aromatic rings. The Morgan fingerprint density at radius 3 is 2.67 bits per heavy atom. The number of benzene rings is 1. The van der Waals surface area contributed by atoms with E-state index in [9.17, 15) is 4.79 Å². The van der Waals surface area contributed by atoms with E-state index in [1.807, 2.05) is 29.1 Å². The molecule has 0 saturated heterocycles. The third-order valence-electron chi connectivity index (χ3n) is 6.20. The van der Waals surface area contributed by atoms with Gasteiger partial charge in [-0.15, -0.1) is 0 Å². The molecule has 0 aliphatic heterocycles. The number of carbonyl (C=O) groups excluding carboxylic acids is 1. The molecule has 1 aliphatic carbocycles. The number of primary amides is 1. The third-order valence-corrected chi connectivity index (χ3v) is 6.20. The number of amides is 1. The summed E-state index contributed by atoms with van der Waals surface area (Å²) in [5.74, 6) is 0.131. The molecule has 1 saturated carbocycles. The van der Waals surface area contributed by atoms with Crippen LogP contribution in [0.4, 0.5) is 5.82 Å². The number of aryl methyl sites for hydroxylation is 1. The zero-order chi connectivity index (χ0) is 20.8. The molecular weight excluding hydrogens is 378 g/mol. The summed E-state index contributed by atoms with van der Waals surface area (Å²) >= 11 is 0. The highest BCUT2D eigenvalue weighted by atomic mass is 16.1. The Hall–Kier alpha value is -3.55. The van der Waals surface area contributed by atoms with Gasteiger partial charge in [-0.25, -0.2) is 14.6 Å². The Balaban J connectivity index is 1.62. The van der Waals surface area contributed by atoms with E-state index in [1.54, 1.807) is 0 Å². The van der Waals surface area contributed by atoms with Crippen molar-refractivity contribution in [2.24, 2.45) is 11.7 Å². The van der Waals surface area contributed by atoms with Gasteiger partial charge in [-0.3, -0.25) is 9.78 Å². The standard InChI is InChI=1S/C22H23N7O/c1-12-8-9-25-17-10-14(4-7-16(12)17)19-18-20(23)26-11-27-22(18)29(28-19)15-5-2-13(3-6-15)21(24)30/h4,7-11,13,15H,2-3,5-6H2,1H3,(H2,24,30)(H2,23,26,27). The van der Waals surface area contributed by atoms with Crippen LogP contribution in [0.5, 0.6) is 0 Å². The SMILES string of the molecule is Cc1ccnc2cc(-c3nn(C4CCC(C(N)=O)CC4)c4ncnc(N)c34)ccc12. The number of carbonyl (C=O) groups is 1. The van der Waals surface area contributed by atoms with Gasteiger partial charge in [0.05, 0.1) is 16.9 Å². The maximum absolute atomic E-state index is 11.5. The third kappa shape index (κ3) is 2.96. The smallest absolute Gasteiger partial charge is 0.220 e. The van der Waals surface area contributed by atoms with E-state index >= 15 is 0 Å². The van der Waals surface area contributed by atoms with Crippen LogP contribution in [0, 0.1) is 12.8 Å². The normalized spacial score (nSPS) is 19.4. The summed E-state index contributed by atoms with van der Waals surface area (Å²) in [5, 5.41) is 6.80. The van der Waals surface area contributed by atoms with Crippen molar-refractivity contribution in [1.82, 2.24) is 24.7 Å². The predicted molar refractivity (Wildman–Crippen MR) is 115 cm³/mol. The lowest BCUT2D eigenvalue weighted by Gasteiger charge is -2.27. The number of nitrogen functional groups attached to an aromatic ring is 1. The number of rotatable bonds is 3. The van der Waals surface area contributed by atoms with Crippen molar-refractivity contribution in [1.29, 1.82) is 0 Å². The molecular formula is C22H23N7O. The van der Waals surface area contributed by atoms with Gasteiger partial charge >= 0.3 is 0 Å². The van der Waals surface area contributed by atoms with E-state index in [1.165, 1.54) is 11.9 Å². The molecule has 0 bridgehead atoms. The fourth-order valence-electron chi connectivity index (χ4n) is 4.50. The van der Waals surface area contributed by atoms with Crippen LogP contribution in [-0.2, 0) is 4.79 Å². The number of anilines is 1. The first-order valence-electron chi connectivity index (χ1n) is 10.2. The zero-order valence-electron chi connectivity index (χ0n) is 16.7. The molecule has 0 atom stereocenters. The molecule has 0 unspecified atom stereocenters. The summed E-state index contributed by atoms with van der Waals surface area (Å²) < 4.78 is 1.95. The second-order valence-corrected chi connectivity index (χ2v) is 8.02. The van der Waals surface area contributed by atoms with Gasteiger partial charge in [0.2, 0.25) is 5.91 Å². The topological polar surface area (TPSA) is 126 Å². The first-order valence-corrected chi connectivity index (χ1v) is 10.2. The Morgan fingerprint density at radius 1 is 1.10 bits per heavy atom. The molecule has 8 heteroatoms. The van der Waals surface area contributed by atoms with Gasteiger partial charge in [-0.2, -0.15) is 5.10 Å². The number of pyridine rings is 1. The molecule has 3 heterocycles. The molecule has 0 spiro atoms. The molecule has 152 valence electrons. The van der Waals surface area contributed by atoms with Crippen molar-refractivity contribution in [2.45, 2.75) is 38.6 Å². The quantitative estimate of drug-likeness (QED) is 0.543. The second kappa shape index (κ2) is 7.05. The van der Waals surface area contributed by atoms with Crippen LogP contribution in [0.2, 0.25) is 0 Å². The predicted octanol–water partition coefficient (Wildman–Crippen LogP) is 3.15. The minimum atomic E-state index is -0.218. The van der Waals surface area contributed by atoms with Crippen LogP contribution in [0.1, 0.15) is 37.3 Å². The average molecular weight is 401 g/mol. The van der Waals surface area contributed by atoms with E-state index in [0.29, 0.717) is 5.82 Å². The molecule has 0 radical (unpaired) electrons. The van der Waals surface area contributed by atoms with Gasteiger partial charge in [0.1, 0.15) is 17.8 Å². The van der Waals surface area contributed by atoms with E-state index in [4.69, 9.17) is 16.6 Å². The monoisotopic (exact) mass is 401 g/mol. The molecule has 1 amide bonds. The van der Waals surface area contributed by atoms with Crippen LogP contribution in [-0.4, -0.2) is 30.6 Å². The molecule has 8 nitrogen and oxygen atoms in total. The van der Waals surface area contributed by atoms with Crippen molar-refractivity contribution < 1.29 is 4.79 Å². The Labute approximate surface area is 173 Å². The lowest BCUT2D eigenvalue weighted by Crippen LogP contribution is -2.28. The van der Waals surface area contributed by atoms with Gasteiger partial charge in [-0.05, 0) is 50.3 Å². The summed E-state index contributed by atoms with van der Waals surface area (Å²) in [4.78, 5) is 24.7. The second-order valence-electron chi connectivity index (χ2n) is 8.02.